The number of amides is 2. The summed E-state index contributed by atoms with van der Waals surface area (Å²) in [6.45, 7) is 0.698. The fourth-order valence-corrected chi connectivity index (χ4v) is 2.80. The molecule has 0 aliphatic carbocycles. The van der Waals surface area contributed by atoms with E-state index in [4.69, 9.17) is 9.15 Å². The van der Waals surface area contributed by atoms with Crippen molar-refractivity contribution in [3.63, 3.8) is 0 Å². The third kappa shape index (κ3) is 3.59. The molecule has 3 rings (SSSR count). The predicted octanol–water partition coefficient (Wildman–Crippen LogP) is 2.99. The summed E-state index contributed by atoms with van der Waals surface area (Å²) >= 11 is 0. The van der Waals surface area contributed by atoms with Gasteiger partial charge in [0.25, 0.3) is 0 Å². The number of nitrogens with zero attached hydrogens (tertiary/aromatic N) is 1. The van der Waals surface area contributed by atoms with Gasteiger partial charge in [0.15, 0.2) is 0 Å². The van der Waals surface area contributed by atoms with E-state index in [1.807, 2.05) is 12.1 Å². The second kappa shape index (κ2) is 7.21. The number of hydrogen-bond acceptors (Lipinski definition) is 4. The van der Waals surface area contributed by atoms with E-state index in [1.54, 1.807) is 36.5 Å². The van der Waals surface area contributed by atoms with Crippen LogP contribution in [0.2, 0.25) is 0 Å². The molecule has 1 N–H and O–H groups in total. The highest BCUT2D eigenvalue weighted by Crippen LogP contribution is 2.33. The minimum Gasteiger partial charge on any atom is -0.494 e. The minimum atomic E-state index is -0.0987. The van der Waals surface area contributed by atoms with E-state index >= 15 is 0 Å². The van der Waals surface area contributed by atoms with Gasteiger partial charge in [0.05, 0.1) is 19.1 Å². The van der Waals surface area contributed by atoms with Crippen LogP contribution in [0.1, 0.15) is 25.0 Å². The lowest BCUT2D eigenvalue weighted by atomic mass is 10.2. The summed E-state index contributed by atoms with van der Waals surface area (Å²) in [5.74, 6) is 1.36. The number of anilines is 2. The summed E-state index contributed by atoms with van der Waals surface area (Å²) in [7, 11) is 1.56. The highest BCUT2D eigenvalue weighted by Gasteiger charge is 2.24. The summed E-state index contributed by atoms with van der Waals surface area (Å²) in [6, 6.07) is 8.98. The number of hydrogen-bond donors (Lipinski definition) is 1. The van der Waals surface area contributed by atoms with Crippen LogP contribution < -0.4 is 15.0 Å². The second-order valence-electron chi connectivity index (χ2n) is 5.66. The van der Waals surface area contributed by atoms with Gasteiger partial charge < -0.3 is 19.4 Å². The first kappa shape index (κ1) is 16.1. The number of rotatable bonds is 6. The molecule has 126 valence electrons. The van der Waals surface area contributed by atoms with Crippen LogP contribution in [0.25, 0.3) is 0 Å². The van der Waals surface area contributed by atoms with Crippen molar-refractivity contribution >= 4 is 23.2 Å². The van der Waals surface area contributed by atoms with Crippen LogP contribution >= 0.6 is 0 Å². The molecular weight excluding hydrogens is 308 g/mol. The van der Waals surface area contributed by atoms with E-state index in [0.29, 0.717) is 37.2 Å². The molecule has 1 aromatic heterocycles. The summed E-state index contributed by atoms with van der Waals surface area (Å²) in [4.78, 5) is 25.7. The molecule has 1 aromatic carbocycles. The van der Waals surface area contributed by atoms with Crippen LogP contribution in [0.3, 0.4) is 0 Å². The van der Waals surface area contributed by atoms with Crippen LogP contribution in [-0.4, -0.2) is 25.5 Å². The van der Waals surface area contributed by atoms with Crippen molar-refractivity contribution in [1.29, 1.82) is 0 Å². The zero-order chi connectivity index (χ0) is 16.9. The van der Waals surface area contributed by atoms with Gasteiger partial charge in [0.1, 0.15) is 11.5 Å². The fourth-order valence-electron chi connectivity index (χ4n) is 2.80. The quantitative estimate of drug-likeness (QED) is 0.885. The van der Waals surface area contributed by atoms with E-state index in [9.17, 15) is 9.59 Å². The van der Waals surface area contributed by atoms with Gasteiger partial charge in [0, 0.05) is 37.6 Å². The largest absolute Gasteiger partial charge is 0.494 e. The van der Waals surface area contributed by atoms with Crippen molar-refractivity contribution in [2.24, 2.45) is 0 Å². The molecule has 0 spiro atoms. The maximum Gasteiger partial charge on any atom is 0.227 e. The molecule has 1 saturated heterocycles. The molecule has 1 aliphatic rings. The van der Waals surface area contributed by atoms with Crippen LogP contribution in [0.15, 0.2) is 41.0 Å². The smallest absolute Gasteiger partial charge is 0.227 e. The van der Waals surface area contributed by atoms with Gasteiger partial charge in [-0.2, -0.15) is 0 Å². The molecule has 6 heteroatoms. The Morgan fingerprint density at radius 3 is 2.92 bits per heavy atom. The fraction of sp³-hybridized carbons (Fsp3) is 0.333. The Morgan fingerprint density at radius 1 is 1.38 bits per heavy atom. The highest BCUT2D eigenvalue weighted by atomic mass is 16.5. The average molecular weight is 328 g/mol. The summed E-state index contributed by atoms with van der Waals surface area (Å²) in [5, 5.41) is 2.84. The maximum absolute atomic E-state index is 12.0. The first-order valence-corrected chi connectivity index (χ1v) is 7.98. The highest BCUT2D eigenvalue weighted by molar-refractivity contribution is 5.97. The Bertz CT molecular complexity index is 725. The lowest BCUT2D eigenvalue weighted by Gasteiger charge is -2.19. The molecule has 2 aromatic rings. The third-order valence-electron chi connectivity index (χ3n) is 4.01. The van der Waals surface area contributed by atoms with Crippen molar-refractivity contribution in [2.45, 2.75) is 25.7 Å². The first-order valence-electron chi connectivity index (χ1n) is 7.98. The van der Waals surface area contributed by atoms with E-state index in [2.05, 4.69) is 5.32 Å². The molecule has 0 saturated carbocycles. The summed E-state index contributed by atoms with van der Waals surface area (Å²) < 4.78 is 10.6. The first-order chi connectivity index (χ1) is 11.7. The Balaban J connectivity index is 1.65. The monoisotopic (exact) mass is 328 g/mol. The summed E-state index contributed by atoms with van der Waals surface area (Å²) in [6.07, 6.45) is 3.90. The van der Waals surface area contributed by atoms with E-state index in [0.717, 1.165) is 17.9 Å². The number of furan rings is 1. The number of carbonyl (C=O) groups is 2. The Morgan fingerprint density at radius 2 is 2.25 bits per heavy atom. The number of nitrogens with one attached hydrogen (secondary N) is 1. The molecule has 0 atom stereocenters. The van der Waals surface area contributed by atoms with Crippen molar-refractivity contribution in [3.05, 3.63) is 42.4 Å². The normalized spacial score (nSPS) is 14.0. The van der Waals surface area contributed by atoms with Gasteiger partial charge in [-0.25, -0.2) is 0 Å². The van der Waals surface area contributed by atoms with E-state index < -0.39 is 0 Å². The number of carbonyl (C=O) groups excluding carboxylic acids is 2. The molecule has 0 unspecified atom stereocenters. The molecule has 2 heterocycles. The van der Waals surface area contributed by atoms with Crippen LogP contribution in [0, 0.1) is 0 Å². The molecule has 0 radical (unpaired) electrons. The van der Waals surface area contributed by atoms with Gasteiger partial charge in [-0.15, -0.1) is 0 Å². The van der Waals surface area contributed by atoms with E-state index in [-0.39, 0.29) is 11.8 Å². The standard InChI is InChI=1S/C18H20N2O4/c1-23-16-12-13(6-8-15(16)20-10-2-5-18(20)22)19-17(21)9-7-14-4-3-11-24-14/h3-4,6,8,11-12H,2,5,7,9-10H2,1H3,(H,19,21). The number of benzene rings is 1. The van der Waals surface area contributed by atoms with Crippen molar-refractivity contribution in [3.8, 4) is 5.75 Å². The molecule has 1 fully saturated rings. The van der Waals surface area contributed by atoms with E-state index in [1.165, 1.54) is 0 Å². The second-order valence-corrected chi connectivity index (χ2v) is 5.66. The van der Waals surface area contributed by atoms with Crippen LogP contribution in [0.5, 0.6) is 5.75 Å². The molecular formula is C18H20N2O4. The Hall–Kier alpha value is -2.76. The maximum atomic E-state index is 12.0. The SMILES string of the molecule is COc1cc(NC(=O)CCc2ccco2)ccc1N1CCCC1=O. The minimum absolute atomic E-state index is 0.0987. The van der Waals surface area contributed by atoms with Gasteiger partial charge in [0.2, 0.25) is 11.8 Å². The number of ether oxygens (including phenoxy) is 1. The number of methoxy groups -OCH3 is 1. The van der Waals surface area contributed by atoms with Gasteiger partial charge in [-0.1, -0.05) is 0 Å². The van der Waals surface area contributed by atoms with Crippen LogP contribution in [-0.2, 0) is 16.0 Å². The molecule has 2 amide bonds. The Labute approximate surface area is 140 Å². The average Bonchev–Trinajstić information content (AvgIpc) is 3.24. The summed E-state index contributed by atoms with van der Waals surface area (Å²) in [5.41, 5.74) is 1.39. The molecule has 1 aliphatic heterocycles. The zero-order valence-electron chi connectivity index (χ0n) is 13.6. The van der Waals surface area contributed by atoms with Gasteiger partial charge in [-0.3, -0.25) is 9.59 Å². The molecule has 0 bridgehead atoms. The molecule has 24 heavy (non-hydrogen) atoms. The van der Waals surface area contributed by atoms with Crippen LogP contribution in [0.4, 0.5) is 11.4 Å². The topological polar surface area (TPSA) is 71.8 Å². The van der Waals surface area contributed by atoms with Gasteiger partial charge >= 0.3 is 0 Å². The Kier molecular flexibility index (Phi) is 4.84. The number of aryl methyl sites for hydroxylation is 1. The lowest BCUT2D eigenvalue weighted by Crippen LogP contribution is -2.24. The van der Waals surface area contributed by atoms with Crippen molar-refractivity contribution < 1.29 is 18.7 Å². The van der Waals surface area contributed by atoms with Crippen molar-refractivity contribution in [1.82, 2.24) is 0 Å². The lowest BCUT2D eigenvalue weighted by molar-refractivity contribution is -0.117. The third-order valence-corrected chi connectivity index (χ3v) is 4.01. The van der Waals surface area contributed by atoms with Gasteiger partial charge in [-0.05, 0) is 30.7 Å². The van der Waals surface area contributed by atoms with Crippen molar-refractivity contribution in [2.75, 3.05) is 23.9 Å². The predicted molar refractivity (Wildman–Crippen MR) is 90.2 cm³/mol. The molecule has 6 nitrogen and oxygen atoms in total. The zero-order valence-corrected chi connectivity index (χ0v) is 13.6.